The molecule has 3 N–H and O–H groups in total. The number of carboxylic acid groups (broad SMARTS) is 1. The van der Waals surface area contributed by atoms with Crippen LogP contribution in [0.4, 0.5) is 4.79 Å². The molecular weight excluding hydrogens is 256 g/mol. The van der Waals surface area contributed by atoms with Crippen molar-refractivity contribution < 1.29 is 14.7 Å². The molecular formula is C15H26N2O3. The fourth-order valence-corrected chi connectivity index (χ4v) is 3.27. The molecule has 2 fully saturated rings. The lowest BCUT2D eigenvalue weighted by Gasteiger charge is -2.37. The Morgan fingerprint density at radius 1 is 1.20 bits per heavy atom. The highest BCUT2D eigenvalue weighted by atomic mass is 16.4. The first kappa shape index (κ1) is 15.1. The van der Waals surface area contributed by atoms with E-state index in [2.05, 4.69) is 24.5 Å². The number of nitrogens with one attached hydrogen (secondary N) is 2. The van der Waals surface area contributed by atoms with Gasteiger partial charge in [0.25, 0.3) is 0 Å². The van der Waals surface area contributed by atoms with Gasteiger partial charge < -0.3 is 15.7 Å². The Hall–Kier alpha value is -1.26. The second kappa shape index (κ2) is 6.02. The van der Waals surface area contributed by atoms with Gasteiger partial charge in [0.05, 0.1) is 0 Å². The van der Waals surface area contributed by atoms with Crippen LogP contribution < -0.4 is 10.6 Å². The number of carbonyl (C=O) groups is 2. The summed E-state index contributed by atoms with van der Waals surface area (Å²) in [5.41, 5.74) is -1.06. The molecule has 0 aromatic heterocycles. The van der Waals surface area contributed by atoms with Crippen molar-refractivity contribution in [3.05, 3.63) is 0 Å². The lowest BCUT2D eigenvalue weighted by atomic mass is 9.75. The number of hydrogen-bond acceptors (Lipinski definition) is 2. The standard InChI is InChI=1S/C15H26N2O3/c1-3-10-5-7-15(8-6-10,13(18)19)17-14(20)16-12-9-11(12)4-2/h10-12H,3-9H2,1-2H3,(H,18,19)(H2,16,17,20). The molecule has 2 aliphatic carbocycles. The van der Waals surface area contributed by atoms with Crippen molar-refractivity contribution in [3.63, 3.8) is 0 Å². The maximum Gasteiger partial charge on any atom is 0.329 e. The molecule has 2 saturated carbocycles. The van der Waals surface area contributed by atoms with Gasteiger partial charge in [-0.3, -0.25) is 0 Å². The molecule has 0 radical (unpaired) electrons. The van der Waals surface area contributed by atoms with E-state index in [9.17, 15) is 14.7 Å². The van der Waals surface area contributed by atoms with E-state index in [1.54, 1.807) is 0 Å². The van der Waals surface area contributed by atoms with E-state index in [0.29, 0.717) is 24.7 Å². The minimum atomic E-state index is -1.06. The number of urea groups is 1. The molecule has 0 spiro atoms. The molecule has 0 heterocycles. The molecule has 114 valence electrons. The monoisotopic (exact) mass is 282 g/mol. The molecule has 5 nitrogen and oxygen atoms in total. The van der Waals surface area contributed by atoms with Gasteiger partial charge >= 0.3 is 12.0 Å². The van der Waals surface area contributed by atoms with Gasteiger partial charge in [-0.15, -0.1) is 0 Å². The quantitative estimate of drug-likeness (QED) is 0.725. The first-order chi connectivity index (χ1) is 9.50. The molecule has 0 bridgehead atoms. The van der Waals surface area contributed by atoms with Crippen molar-refractivity contribution in [1.82, 2.24) is 10.6 Å². The van der Waals surface area contributed by atoms with Gasteiger partial charge in [-0.05, 0) is 43.9 Å². The SMILES string of the molecule is CCC1CCC(NC(=O)NC2CC2CC)(C(=O)O)CC1. The molecule has 0 aromatic rings. The Morgan fingerprint density at radius 2 is 1.85 bits per heavy atom. The molecule has 0 aromatic carbocycles. The van der Waals surface area contributed by atoms with Gasteiger partial charge in [0.2, 0.25) is 0 Å². The Balaban J connectivity index is 1.89. The Labute approximate surface area is 120 Å². The molecule has 2 amide bonds. The van der Waals surface area contributed by atoms with E-state index in [1.807, 2.05) is 0 Å². The van der Waals surface area contributed by atoms with Crippen molar-refractivity contribution >= 4 is 12.0 Å². The van der Waals surface area contributed by atoms with Crippen molar-refractivity contribution in [3.8, 4) is 0 Å². The van der Waals surface area contributed by atoms with Gasteiger partial charge in [-0.2, -0.15) is 0 Å². The summed E-state index contributed by atoms with van der Waals surface area (Å²) in [6, 6.07) is -0.0823. The number of carboxylic acids is 1. The topological polar surface area (TPSA) is 78.4 Å². The summed E-state index contributed by atoms with van der Waals surface area (Å²) in [4.78, 5) is 23.6. The molecule has 2 atom stereocenters. The normalized spacial score (nSPS) is 36.2. The van der Waals surface area contributed by atoms with Gasteiger partial charge in [-0.1, -0.05) is 26.7 Å². The number of carbonyl (C=O) groups excluding carboxylic acids is 1. The lowest BCUT2D eigenvalue weighted by molar-refractivity contribution is -0.146. The highest BCUT2D eigenvalue weighted by molar-refractivity contribution is 5.86. The van der Waals surface area contributed by atoms with Crippen LogP contribution in [0.15, 0.2) is 0 Å². The van der Waals surface area contributed by atoms with Gasteiger partial charge in [0, 0.05) is 6.04 Å². The predicted molar refractivity (Wildman–Crippen MR) is 76.5 cm³/mol. The fourth-order valence-electron chi connectivity index (χ4n) is 3.27. The summed E-state index contributed by atoms with van der Waals surface area (Å²) < 4.78 is 0. The van der Waals surface area contributed by atoms with Crippen LogP contribution in [-0.4, -0.2) is 28.7 Å². The van der Waals surface area contributed by atoms with E-state index in [1.165, 1.54) is 0 Å². The maximum atomic E-state index is 12.0. The zero-order chi connectivity index (χ0) is 14.8. The second-order valence-electron chi connectivity index (χ2n) is 6.35. The van der Waals surface area contributed by atoms with Crippen LogP contribution in [0, 0.1) is 11.8 Å². The zero-order valence-electron chi connectivity index (χ0n) is 12.4. The number of hydrogen-bond donors (Lipinski definition) is 3. The highest BCUT2D eigenvalue weighted by Gasteiger charge is 2.44. The van der Waals surface area contributed by atoms with Crippen LogP contribution >= 0.6 is 0 Å². The third-order valence-corrected chi connectivity index (χ3v) is 5.06. The lowest BCUT2D eigenvalue weighted by Crippen LogP contribution is -2.59. The summed E-state index contributed by atoms with van der Waals surface area (Å²) in [7, 11) is 0. The van der Waals surface area contributed by atoms with E-state index >= 15 is 0 Å². The first-order valence-electron chi connectivity index (χ1n) is 7.82. The van der Waals surface area contributed by atoms with Crippen LogP contribution in [0.3, 0.4) is 0 Å². The highest BCUT2D eigenvalue weighted by Crippen LogP contribution is 2.35. The summed E-state index contributed by atoms with van der Waals surface area (Å²) in [5, 5.41) is 15.1. The maximum absolute atomic E-state index is 12.0. The zero-order valence-corrected chi connectivity index (χ0v) is 12.4. The van der Waals surface area contributed by atoms with Gasteiger partial charge in [0.15, 0.2) is 0 Å². The third-order valence-electron chi connectivity index (χ3n) is 5.06. The fraction of sp³-hybridized carbons (Fsp3) is 0.867. The average molecular weight is 282 g/mol. The molecule has 5 heteroatoms. The summed E-state index contributed by atoms with van der Waals surface area (Å²) in [6.07, 6.45) is 6.00. The summed E-state index contributed by atoms with van der Waals surface area (Å²) >= 11 is 0. The van der Waals surface area contributed by atoms with Crippen LogP contribution in [0.2, 0.25) is 0 Å². The van der Waals surface area contributed by atoms with Crippen molar-refractivity contribution in [2.45, 2.75) is 70.4 Å². The predicted octanol–water partition coefficient (Wildman–Crippen LogP) is 2.51. The molecule has 2 unspecified atom stereocenters. The second-order valence-corrected chi connectivity index (χ2v) is 6.35. The van der Waals surface area contributed by atoms with Crippen LogP contribution in [0.25, 0.3) is 0 Å². The molecule has 20 heavy (non-hydrogen) atoms. The third kappa shape index (κ3) is 3.25. The number of amides is 2. The van der Waals surface area contributed by atoms with Gasteiger partial charge in [0.1, 0.15) is 5.54 Å². The summed E-state index contributed by atoms with van der Waals surface area (Å²) in [6.45, 7) is 4.24. The summed E-state index contributed by atoms with van der Waals surface area (Å²) in [5.74, 6) is 0.266. The Morgan fingerprint density at radius 3 is 2.30 bits per heavy atom. The smallest absolute Gasteiger partial charge is 0.329 e. The van der Waals surface area contributed by atoms with E-state index < -0.39 is 11.5 Å². The van der Waals surface area contributed by atoms with Crippen LogP contribution in [0.1, 0.15) is 58.8 Å². The van der Waals surface area contributed by atoms with E-state index in [0.717, 1.165) is 32.1 Å². The number of aliphatic carboxylic acids is 1. The molecule has 2 rings (SSSR count). The minimum absolute atomic E-state index is 0.234. The minimum Gasteiger partial charge on any atom is -0.480 e. The van der Waals surface area contributed by atoms with Gasteiger partial charge in [-0.25, -0.2) is 9.59 Å². The Kier molecular flexibility index (Phi) is 4.55. The van der Waals surface area contributed by atoms with Crippen LogP contribution in [-0.2, 0) is 4.79 Å². The van der Waals surface area contributed by atoms with E-state index in [4.69, 9.17) is 0 Å². The van der Waals surface area contributed by atoms with Crippen molar-refractivity contribution in [2.75, 3.05) is 0 Å². The first-order valence-corrected chi connectivity index (χ1v) is 7.82. The molecule has 2 aliphatic rings. The van der Waals surface area contributed by atoms with Crippen LogP contribution in [0.5, 0.6) is 0 Å². The molecule has 0 saturated heterocycles. The largest absolute Gasteiger partial charge is 0.480 e. The van der Waals surface area contributed by atoms with Crippen molar-refractivity contribution in [1.29, 1.82) is 0 Å². The average Bonchev–Trinajstić information content (AvgIpc) is 3.17. The number of rotatable bonds is 5. The molecule has 0 aliphatic heterocycles. The van der Waals surface area contributed by atoms with Crippen molar-refractivity contribution in [2.24, 2.45) is 11.8 Å². The Bertz CT molecular complexity index is 375. The van der Waals surface area contributed by atoms with E-state index in [-0.39, 0.29) is 12.1 Å².